The molecule has 0 aromatic carbocycles. The second kappa shape index (κ2) is 4.77. The third-order valence-corrected chi connectivity index (χ3v) is 3.18. The van der Waals surface area contributed by atoms with Gasteiger partial charge < -0.3 is 20.3 Å². The highest BCUT2D eigenvalue weighted by Gasteiger charge is 2.40. The molecule has 2 saturated heterocycles. The van der Waals surface area contributed by atoms with Gasteiger partial charge in [0.25, 0.3) is 0 Å². The molecule has 14 heavy (non-hydrogen) atoms. The minimum atomic E-state index is -0.603. The summed E-state index contributed by atoms with van der Waals surface area (Å²) < 4.78 is 5.27. The van der Waals surface area contributed by atoms with Crippen molar-refractivity contribution < 1.29 is 14.9 Å². The molecule has 2 fully saturated rings. The number of nitrogens with one attached hydrogen (secondary N) is 1. The first-order valence-corrected chi connectivity index (χ1v) is 4.91. The molecule has 4 nitrogen and oxygen atoms in total. The van der Waals surface area contributed by atoms with E-state index >= 15 is 0 Å². The first-order valence-electron chi connectivity index (χ1n) is 4.91. The van der Waals surface area contributed by atoms with Gasteiger partial charge in [-0.3, -0.25) is 0 Å². The van der Waals surface area contributed by atoms with Crippen LogP contribution in [0.3, 0.4) is 0 Å². The number of hydrogen-bond donors (Lipinski definition) is 3. The van der Waals surface area contributed by atoms with E-state index in [1.807, 2.05) is 0 Å². The minimum Gasteiger partial charge on any atom is -0.390 e. The van der Waals surface area contributed by atoms with E-state index in [0.717, 1.165) is 26.1 Å². The van der Waals surface area contributed by atoms with Crippen LogP contribution in [0.1, 0.15) is 19.3 Å². The van der Waals surface area contributed by atoms with Gasteiger partial charge in [-0.1, -0.05) is 0 Å². The number of halogens is 1. The molecule has 2 aliphatic rings. The summed E-state index contributed by atoms with van der Waals surface area (Å²) in [5.74, 6) is 0. The monoisotopic (exact) mass is 223 g/mol. The molecule has 0 aliphatic carbocycles. The van der Waals surface area contributed by atoms with Crippen LogP contribution in [0, 0.1) is 0 Å². The third kappa shape index (κ3) is 2.38. The van der Waals surface area contributed by atoms with Gasteiger partial charge in [0.15, 0.2) is 0 Å². The van der Waals surface area contributed by atoms with E-state index in [2.05, 4.69) is 5.32 Å². The molecule has 2 atom stereocenters. The summed E-state index contributed by atoms with van der Waals surface area (Å²) in [5.41, 5.74) is 0.0247. The Hall–Kier alpha value is 0.130. The third-order valence-electron chi connectivity index (χ3n) is 3.18. The Morgan fingerprint density at radius 1 is 1.14 bits per heavy atom. The lowest BCUT2D eigenvalue weighted by molar-refractivity contribution is -0.0618. The standard InChI is InChI=1S/C9H17NO3.ClH/c11-7-5-9(10-6-8(7)12)1-3-13-4-2-9;/h7-8,10-12H,1-6H2;1H/t7-,8+;/m0./s1. The van der Waals surface area contributed by atoms with Crippen molar-refractivity contribution in [3.63, 3.8) is 0 Å². The Labute approximate surface area is 90.1 Å². The molecule has 2 rings (SSSR count). The van der Waals surface area contributed by atoms with Crippen molar-refractivity contribution in [1.82, 2.24) is 5.32 Å². The van der Waals surface area contributed by atoms with Crippen LogP contribution in [0.5, 0.6) is 0 Å². The highest BCUT2D eigenvalue weighted by molar-refractivity contribution is 5.85. The Morgan fingerprint density at radius 2 is 1.79 bits per heavy atom. The molecule has 2 heterocycles. The van der Waals surface area contributed by atoms with Crippen molar-refractivity contribution >= 4 is 12.4 Å². The normalized spacial score (nSPS) is 36.4. The summed E-state index contributed by atoms with van der Waals surface area (Å²) in [6.45, 7) is 2.02. The maximum atomic E-state index is 9.56. The fraction of sp³-hybridized carbons (Fsp3) is 1.00. The maximum Gasteiger partial charge on any atom is 0.0923 e. The largest absolute Gasteiger partial charge is 0.390 e. The zero-order valence-electron chi connectivity index (χ0n) is 8.11. The predicted octanol–water partition coefficient (Wildman–Crippen LogP) is -0.328. The number of piperidine rings is 1. The predicted molar refractivity (Wildman–Crippen MR) is 54.7 cm³/mol. The molecule has 1 spiro atoms. The lowest BCUT2D eigenvalue weighted by Gasteiger charge is -2.44. The van der Waals surface area contributed by atoms with Gasteiger partial charge in [-0.2, -0.15) is 0 Å². The van der Waals surface area contributed by atoms with Crippen molar-refractivity contribution in [1.29, 1.82) is 0 Å². The lowest BCUT2D eigenvalue weighted by atomic mass is 9.80. The molecule has 0 amide bonds. The van der Waals surface area contributed by atoms with Gasteiger partial charge in [0.1, 0.15) is 0 Å². The van der Waals surface area contributed by atoms with E-state index in [-0.39, 0.29) is 17.9 Å². The second-order valence-electron chi connectivity index (χ2n) is 4.11. The Bertz CT molecular complexity index is 185. The summed E-state index contributed by atoms with van der Waals surface area (Å²) in [6, 6.07) is 0. The van der Waals surface area contributed by atoms with Crippen LogP contribution in [0.4, 0.5) is 0 Å². The van der Waals surface area contributed by atoms with Crippen molar-refractivity contribution in [2.75, 3.05) is 19.8 Å². The van der Waals surface area contributed by atoms with Gasteiger partial charge in [-0.05, 0) is 19.3 Å². The summed E-state index contributed by atoms with van der Waals surface area (Å²) in [6.07, 6.45) is 1.36. The molecular weight excluding hydrogens is 206 g/mol. The van der Waals surface area contributed by atoms with Gasteiger partial charge >= 0.3 is 0 Å². The van der Waals surface area contributed by atoms with Gasteiger partial charge in [0.05, 0.1) is 12.2 Å². The number of rotatable bonds is 0. The molecule has 0 aromatic heterocycles. The number of β-amino-alcohol motifs (C(OH)–C–C–N with tert-alkyl or cyclic N) is 1. The molecule has 0 unspecified atom stereocenters. The smallest absolute Gasteiger partial charge is 0.0923 e. The van der Waals surface area contributed by atoms with Crippen LogP contribution >= 0.6 is 12.4 Å². The van der Waals surface area contributed by atoms with Crippen molar-refractivity contribution in [3.05, 3.63) is 0 Å². The second-order valence-corrected chi connectivity index (χ2v) is 4.11. The number of ether oxygens (including phenoxy) is 1. The topological polar surface area (TPSA) is 61.7 Å². The number of aliphatic hydroxyl groups excluding tert-OH is 2. The van der Waals surface area contributed by atoms with E-state index in [0.29, 0.717) is 13.0 Å². The highest BCUT2D eigenvalue weighted by Crippen LogP contribution is 2.29. The van der Waals surface area contributed by atoms with Gasteiger partial charge in [0, 0.05) is 25.3 Å². The molecule has 0 radical (unpaired) electrons. The first kappa shape index (κ1) is 12.2. The van der Waals surface area contributed by atoms with E-state index in [1.54, 1.807) is 0 Å². The zero-order chi connectivity index (χ0) is 9.31. The SMILES string of the molecule is Cl.O[C@@H]1CNC2(CCOCC2)C[C@@H]1O. The van der Waals surface area contributed by atoms with E-state index in [9.17, 15) is 10.2 Å². The molecular formula is C9H18ClNO3. The minimum absolute atomic E-state index is 0. The van der Waals surface area contributed by atoms with E-state index in [4.69, 9.17) is 4.74 Å². The fourth-order valence-corrected chi connectivity index (χ4v) is 2.21. The molecule has 0 saturated carbocycles. The zero-order valence-corrected chi connectivity index (χ0v) is 8.92. The van der Waals surface area contributed by atoms with Gasteiger partial charge in [-0.25, -0.2) is 0 Å². The highest BCUT2D eigenvalue weighted by atomic mass is 35.5. The fourth-order valence-electron chi connectivity index (χ4n) is 2.21. The summed E-state index contributed by atoms with van der Waals surface area (Å²) >= 11 is 0. The number of aliphatic hydroxyl groups is 2. The Morgan fingerprint density at radius 3 is 2.36 bits per heavy atom. The average molecular weight is 224 g/mol. The summed E-state index contributed by atoms with van der Waals surface area (Å²) in [5, 5.41) is 22.2. The molecule has 5 heteroatoms. The summed E-state index contributed by atoms with van der Waals surface area (Å²) in [4.78, 5) is 0. The Kier molecular flexibility index (Phi) is 4.15. The lowest BCUT2D eigenvalue weighted by Crippen LogP contribution is -2.60. The van der Waals surface area contributed by atoms with Crippen molar-refractivity contribution in [3.8, 4) is 0 Å². The van der Waals surface area contributed by atoms with E-state index in [1.165, 1.54) is 0 Å². The van der Waals surface area contributed by atoms with Crippen molar-refractivity contribution in [2.24, 2.45) is 0 Å². The van der Waals surface area contributed by atoms with Crippen LogP contribution in [-0.4, -0.2) is 47.7 Å². The molecule has 3 N–H and O–H groups in total. The van der Waals surface area contributed by atoms with Crippen LogP contribution < -0.4 is 5.32 Å². The molecule has 0 bridgehead atoms. The van der Waals surface area contributed by atoms with Gasteiger partial charge in [-0.15, -0.1) is 12.4 Å². The van der Waals surface area contributed by atoms with Gasteiger partial charge in [0.2, 0.25) is 0 Å². The molecule has 2 aliphatic heterocycles. The first-order chi connectivity index (χ1) is 6.22. The number of hydrogen-bond acceptors (Lipinski definition) is 4. The van der Waals surface area contributed by atoms with Crippen LogP contribution in [0.15, 0.2) is 0 Å². The summed E-state index contributed by atoms with van der Waals surface area (Å²) in [7, 11) is 0. The van der Waals surface area contributed by atoms with Crippen LogP contribution in [-0.2, 0) is 4.74 Å². The van der Waals surface area contributed by atoms with Crippen molar-refractivity contribution in [2.45, 2.75) is 37.0 Å². The van der Waals surface area contributed by atoms with Crippen LogP contribution in [0.2, 0.25) is 0 Å². The quantitative estimate of drug-likeness (QED) is 0.527. The van der Waals surface area contributed by atoms with Crippen LogP contribution in [0.25, 0.3) is 0 Å². The maximum absolute atomic E-state index is 9.56. The molecule has 0 aromatic rings. The van der Waals surface area contributed by atoms with E-state index < -0.39 is 12.2 Å². The molecule has 84 valence electrons. The average Bonchev–Trinajstić information content (AvgIpc) is 2.14. The Balaban J connectivity index is 0.000000980.